The molecule has 152 valence electrons. The zero-order chi connectivity index (χ0) is 20.2. The number of ether oxygens (including phenoxy) is 1. The molecular formula is C16H22F3N3O4S. The van der Waals surface area contributed by atoms with Gasteiger partial charge in [-0.1, -0.05) is 0 Å². The molecule has 0 aliphatic carbocycles. The van der Waals surface area contributed by atoms with E-state index in [2.05, 4.69) is 5.32 Å². The first-order valence-electron chi connectivity index (χ1n) is 8.33. The number of nitrogens with zero attached hydrogens (tertiary/aromatic N) is 2. The molecule has 27 heavy (non-hydrogen) atoms. The Labute approximate surface area is 156 Å². The summed E-state index contributed by atoms with van der Waals surface area (Å²) in [5.41, 5.74) is -0.766. The van der Waals surface area contributed by atoms with Crippen LogP contribution in [0.25, 0.3) is 0 Å². The SMILES string of the molecule is CCOc1ccc(C(F)(F)F)cc1NCC(=O)N1CCN(S(C)(=O)=O)CC1. The number of amides is 1. The second-order valence-corrected chi connectivity index (χ2v) is 8.02. The molecule has 0 aromatic heterocycles. The Kier molecular flexibility index (Phi) is 6.58. The molecule has 2 rings (SSSR count). The summed E-state index contributed by atoms with van der Waals surface area (Å²) in [7, 11) is -3.30. The van der Waals surface area contributed by atoms with Gasteiger partial charge in [-0.25, -0.2) is 8.42 Å². The second kappa shape index (κ2) is 8.34. The summed E-state index contributed by atoms with van der Waals surface area (Å²) in [5, 5.41) is 2.70. The Morgan fingerprint density at radius 2 is 1.85 bits per heavy atom. The fourth-order valence-corrected chi connectivity index (χ4v) is 3.50. The van der Waals surface area contributed by atoms with Crippen molar-refractivity contribution < 1.29 is 31.1 Å². The Morgan fingerprint density at radius 3 is 2.37 bits per heavy atom. The van der Waals surface area contributed by atoms with E-state index >= 15 is 0 Å². The van der Waals surface area contributed by atoms with Crippen molar-refractivity contribution in [3.8, 4) is 5.75 Å². The van der Waals surface area contributed by atoms with Gasteiger partial charge in [0.2, 0.25) is 15.9 Å². The smallest absolute Gasteiger partial charge is 0.416 e. The number of carbonyl (C=O) groups is 1. The van der Waals surface area contributed by atoms with Crippen LogP contribution in [0.2, 0.25) is 0 Å². The number of hydrogen-bond acceptors (Lipinski definition) is 5. The molecule has 1 saturated heterocycles. The monoisotopic (exact) mass is 409 g/mol. The number of piperazine rings is 1. The average Bonchev–Trinajstić information content (AvgIpc) is 2.59. The minimum atomic E-state index is -4.51. The van der Waals surface area contributed by atoms with E-state index in [1.165, 1.54) is 15.3 Å². The normalized spacial score (nSPS) is 16.3. The van der Waals surface area contributed by atoms with Crippen molar-refractivity contribution in [3.63, 3.8) is 0 Å². The molecule has 1 N–H and O–H groups in total. The highest BCUT2D eigenvalue weighted by molar-refractivity contribution is 7.88. The molecule has 1 aliphatic heterocycles. The maximum atomic E-state index is 12.9. The van der Waals surface area contributed by atoms with Crippen LogP contribution in [-0.2, 0) is 21.0 Å². The number of alkyl halides is 3. The molecule has 0 atom stereocenters. The summed E-state index contributed by atoms with van der Waals surface area (Å²) in [5.74, 6) is -0.108. The van der Waals surface area contributed by atoms with Crippen molar-refractivity contribution in [1.82, 2.24) is 9.21 Å². The minimum Gasteiger partial charge on any atom is -0.492 e. The van der Waals surface area contributed by atoms with Crippen molar-refractivity contribution >= 4 is 21.6 Å². The van der Waals surface area contributed by atoms with Crippen LogP contribution >= 0.6 is 0 Å². The molecule has 0 bridgehead atoms. The molecule has 11 heteroatoms. The molecule has 0 unspecified atom stereocenters. The lowest BCUT2D eigenvalue weighted by Gasteiger charge is -2.33. The first kappa shape index (κ1) is 21.3. The third kappa shape index (κ3) is 5.73. The number of carbonyl (C=O) groups excluding carboxylic acids is 1. The number of hydrogen-bond donors (Lipinski definition) is 1. The third-order valence-corrected chi connectivity index (χ3v) is 5.40. The average molecular weight is 409 g/mol. The highest BCUT2D eigenvalue weighted by Gasteiger charge is 2.31. The van der Waals surface area contributed by atoms with E-state index in [4.69, 9.17) is 4.74 Å². The third-order valence-electron chi connectivity index (χ3n) is 4.10. The Hall–Kier alpha value is -2.01. The molecule has 0 radical (unpaired) electrons. The van der Waals surface area contributed by atoms with Gasteiger partial charge < -0.3 is 15.0 Å². The van der Waals surface area contributed by atoms with Gasteiger partial charge in [0.25, 0.3) is 0 Å². The minimum absolute atomic E-state index is 0.0785. The zero-order valence-electron chi connectivity index (χ0n) is 15.0. The van der Waals surface area contributed by atoms with Crippen molar-refractivity contribution in [2.45, 2.75) is 13.1 Å². The van der Waals surface area contributed by atoms with Crippen LogP contribution in [0, 0.1) is 0 Å². The van der Waals surface area contributed by atoms with E-state index in [9.17, 15) is 26.4 Å². The summed E-state index contributed by atoms with van der Waals surface area (Å²) in [6.07, 6.45) is -3.40. The van der Waals surface area contributed by atoms with Crippen LogP contribution in [-0.4, -0.2) is 69.1 Å². The van der Waals surface area contributed by atoms with Crippen LogP contribution in [0.5, 0.6) is 5.75 Å². The van der Waals surface area contributed by atoms with Gasteiger partial charge >= 0.3 is 6.18 Å². The Balaban J connectivity index is 2.02. The van der Waals surface area contributed by atoms with Gasteiger partial charge in [-0.3, -0.25) is 4.79 Å². The molecule has 1 heterocycles. The Morgan fingerprint density at radius 1 is 1.22 bits per heavy atom. The molecular weight excluding hydrogens is 387 g/mol. The number of rotatable bonds is 6. The number of sulfonamides is 1. The Bertz CT molecular complexity index is 776. The van der Waals surface area contributed by atoms with Crippen LogP contribution in [0.1, 0.15) is 12.5 Å². The standard InChI is InChI=1S/C16H22F3N3O4S/c1-3-26-14-5-4-12(16(17,18)19)10-13(14)20-11-15(23)21-6-8-22(9-7-21)27(2,24)25/h4-5,10,20H,3,6-9,11H2,1-2H3. The summed E-state index contributed by atoms with van der Waals surface area (Å²) in [6.45, 7) is 2.59. The van der Waals surface area contributed by atoms with E-state index in [1.807, 2.05) is 0 Å². The van der Waals surface area contributed by atoms with Crippen LogP contribution in [0.15, 0.2) is 18.2 Å². The first-order valence-corrected chi connectivity index (χ1v) is 10.2. The molecule has 0 saturated carbocycles. The largest absolute Gasteiger partial charge is 0.492 e. The van der Waals surface area contributed by atoms with Gasteiger partial charge in [0.15, 0.2) is 0 Å². The molecule has 1 aliphatic rings. The lowest BCUT2D eigenvalue weighted by atomic mass is 10.1. The predicted molar refractivity (Wildman–Crippen MR) is 94.1 cm³/mol. The maximum absolute atomic E-state index is 12.9. The van der Waals surface area contributed by atoms with Crippen molar-refractivity contribution in [1.29, 1.82) is 0 Å². The quantitative estimate of drug-likeness (QED) is 0.773. The van der Waals surface area contributed by atoms with E-state index < -0.39 is 21.8 Å². The molecule has 1 aromatic carbocycles. The summed E-state index contributed by atoms with van der Waals surface area (Å²) in [6, 6.07) is 3.03. The lowest BCUT2D eigenvalue weighted by molar-refractivity contribution is -0.137. The van der Waals surface area contributed by atoms with Crippen LogP contribution in [0.4, 0.5) is 18.9 Å². The number of benzene rings is 1. The first-order chi connectivity index (χ1) is 12.5. The number of nitrogens with one attached hydrogen (secondary N) is 1. The molecule has 1 aromatic rings. The predicted octanol–water partition coefficient (Wildman–Crippen LogP) is 1.62. The van der Waals surface area contributed by atoms with Crippen LogP contribution < -0.4 is 10.1 Å². The fourth-order valence-electron chi connectivity index (χ4n) is 2.68. The molecule has 1 amide bonds. The van der Waals surface area contributed by atoms with Crippen molar-refractivity contribution in [2.24, 2.45) is 0 Å². The maximum Gasteiger partial charge on any atom is 0.416 e. The molecule has 1 fully saturated rings. The summed E-state index contributed by atoms with van der Waals surface area (Å²) >= 11 is 0. The van der Waals surface area contributed by atoms with Gasteiger partial charge in [-0.2, -0.15) is 17.5 Å². The lowest BCUT2D eigenvalue weighted by Crippen LogP contribution is -2.51. The topological polar surface area (TPSA) is 79.0 Å². The number of anilines is 1. The highest BCUT2D eigenvalue weighted by atomic mass is 32.2. The van der Waals surface area contributed by atoms with Crippen LogP contribution in [0.3, 0.4) is 0 Å². The molecule has 0 spiro atoms. The summed E-state index contributed by atoms with van der Waals surface area (Å²) in [4.78, 5) is 13.8. The van der Waals surface area contributed by atoms with Gasteiger partial charge in [-0.15, -0.1) is 0 Å². The van der Waals surface area contributed by atoms with E-state index in [0.29, 0.717) is 0 Å². The van der Waals surface area contributed by atoms with Gasteiger partial charge in [0.05, 0.1) is 30.7 Å². The molecule has 7 nitrogen and oxygen atoms in total. The fraction of sp³-hybridized carbons (Fsp3) is 0.562. The summed E-state index contributed by atoms with van der Waals surface area (Å²) < 4.78 is 68.3. The van der Waals surface area contributed by atoms with Gasteiger partial charge in [0, 0.05) is 26.2 Å². The highest BCUT2D eigenvalue weighted by Crippen LogP contribution is 2.35. The van der Waals surface area contributed by atoms with Crippen molar-refractivity contribution in [3.05, 3.63) is 23.8 Å². The zero-order valence-corrected chi connectivity index (χ0v) is 15.9. The van der Waals surface area contributed by atoms with E-state index in [0.717, 1.165) is 18.4 Å². The number of halogens is 3. The van der Waals surface area contributed by atoms with E-state index in [1.54, 1.807) is 6.92 Å². The van der Waals surface area contributed by atoms with Gasteiger partial charge in [-0.05, 0) is 25.1 Å². The van der Waals surface area contributed by atoms with E-state index in [-0.39, 0.29) is 56.7 Å². The van der Waals surface area contributed by atoms with Crippen molar-refractivity contribution in [2.75, 3.05) is 50.9 Å². The second-order valence-electron chi connectivity index (χ2n) is 6.04. The van der Waals surface area contributed by atoms with Gasteiger partial charge in [0.1, 0.15) is 5.75 Å².